The van der Waals surface area contributed by atoms with Crippen molar-refractivity contribution in [1.29, 1.82) is 0 Å². The van der Waals surface area contributed by atoms with Gasteiger partial charge in [0.25, 0.3) is 5.91 Å². The van der Waals surface area contributed by atoms with Gasteiger partial charge in [0.05, 0.1) is 5.41 Å². The average molecular weight is 395 g/mol. The van der Waals surface area contributed by atoms with E-state index in [1.807, 2.05) is 68.4 Å². The van der Waals surface area contributed by atoms with Crippen molar-refractivity contribution in [1.82, 2.24) is 10.2 Å². The molecule has 5 nitrogen and oxygen atoms in total. The van der Waals surface area contributed by atoms with Crippen molar-refractivity contribution in [2.45, 2.75) is 44.7 Å². The number of rotatable bonds is 6. The van der Waals surface area contributed by atoms with E-state index in [0.717, 1.165) is 11.1 Å². The van der Waals surface area contributed by atoms with Crippen molar-refractivity contribution in [3.63, 3.8) is 0 Å². The Bertz CT molecular complexity index is 825. The number of amides is 2. The molecule has 1 aliphatic rings. The van der Waals surface area contributed by atoms with Gasteiger partial charge in [0.1, 0.15) is 0 Å². The molecule has 0 atom stereocenters. The largest absolute Gasteiger partial charge is 0.381 e. The third kappa shape index (κ3) is 4.67. The Balaban J connectivity index is 1.68. The zero-order chi connectivity index (χ0) is 20.9. The van der Waals surface area contributed by atoms with Crippen LogP contribution in [0.3, 0.4) is 0 Å². The summed E-state index contributed by atoms with van der Waals surface area (Å²) in [6, 6.07) is 17.6. The molecular formula is C24H30N2O3. The molecule has 0 spiro atoms. The monoisotopic (exact) mass is 394 g/mol. The van der Waals surface area contributed by atoms with Crippen molar-refractivity contribution >= 4 is 11.8 Å². The van der Waals surface area contributed by atoms with Crippen LogP contribution in [0.2, 0.25) is 0 Å². The minimum Gasteiger partial charge on any atom is -0.381 e. The molecule has 1 fully saturated rings. The number of hydrogen-bond donors (Lipinski definition) is 1. The minimum absolute atomic E-state index is 0.000761. The van der Waals surface area contributed by atoms with Crippen LogP contribution >= 0.6 is 0 Å². The molecule has 0 saturated carbocycles. The summed E-state index contributed by atoms with van der Waals surface area (Å²) < 4.78 is 5.51. The molecule has 0 aliphatic carbocycles. The number of nitrogens with zero attached hydrogens (tertiary/aromatic N) is 1. The lowest BCUT2D eigenvalue weighted by Gasteiger charge is -2.36. The second-order valence-electron chi connectivity index (χ2n) is 7.95. The second-order valence-corrected chi connectivity index (χ2v) is 7.95. The van der Waals surface area contributed by atoms with Crippen LogP contribution in [0, 0.1) is 0 Å². The summed E-state index contributed by atoms with van der Waals surface area (Å²) in [5.74, 6) is 0.0347. The lowest BCUT2D eigenvalue weighted by Crippen LogP contribution is -2.47. The normalized spacial score (nSPS) is 15.7. The molecule has 1 heterocycles. The van der Waals surface area contributed by atoms with Crippen LogP contribution in [-0.4, -0.2) is 43.0 Å². The quantitative estimate of drug-likeness (QED) is 0.815. The van der Waals surface area contributed by atoms with Gasteiger partial charge in [-0.15, -0.1) is 0 Å². The van der Waals surface area contributed by atoms with E-state index < -0.39 is 5.41 Å². The molecule has 1 N–H and O–H groups in total. The van der Waals surface area contributed by atoms with Crippen molar-refractivity contribution in [3.8, 4) is 0 Å². The summed E-state index contributed by atoms with van der Waals surface area (Å²) in [7, 11) is 1.80. The Morgan fingerprint density at radius 1 is 1.03 bits per heavy atom. The molecule has 0 unspecified atom stereocenters. The zero-order valence-corrected chi connectivity index (χ0v) is 17.5. The number of hydrogen-bond acceptors (Lipinski definition) is 3. The standard InChI is InChI=1S/C24H30N2O3/c1-18(2)26(3)22(27)20-11-9-19(10-12-20)17-25-23(28)24(13-15-29-16-14-24)21-7-5-4-6-8-21/h4-12,18H,13-17H2,1-3H3,(H,25,28). The molecule has 2 aromatic rings. The van der Waals surface area contributed by atoms with Gasteiger partial charge >= 0.3 is 0 Å². The molecular weight excluding hydrogens is 364 g/mol. The minimum atomic E-state index is -0.546. The van der Waals surface area contributed by atoms with Crippen LogP contribution in [-0.2, 0) is 21.5 Å². The summed E-state index contributed by atoms with van der Waals surface area (Å²) >= 11 is 0. The maximum Gasteiger partial charge on any atom is 0.253 e. The molecule has 5 heteroatoms. The van der Waals surface area contributed by atoms with E-state index in [1.165, 1.54) is 0 Å². The fourth-order valence-corrected chi connectivity index (χ4v) is 3.68. The third-order valence-electron chi connectivity index (χ3n) is 5.86. The zero-order valence-electron chi connectivity index (χ0n) is 17.5. The van der Waals surface area contributed by atoms with E-state index in [4.69, 9.17) is 4.74 Å². The molecule has 154 valence electrons. The number of carbonyl (C=O) groups is 2. The summed E-state index contributed by atoms with van der Waals surface area (Å²) in [5.41, 5.74) is 2.12. The molecule has 29 heavy (non-hydrogen) atoms. The van der Waals surface area contributed by atoms with Crippen LogP contribution in [0.15, 0.2) is 54.6 Å². The van der Waals surface area contributed by atoms with Crippen LogP contribution in [0.25, 0.3) is 0 Å². The summed E-state index contributed by atoms with van der Waals surface area (Å²) in [6.45, 7) is 5.58. The topological polar surface area (TPSA) is 58.6 Å². The average Bonchev–Trinajstić information content (AvgIpc) is 2.77. The fourth-order valence-electron chi connectivity index (χ4n) is 3.68. The summed E-state index contributed by atoms with van der Waals surface area (Å²) in [6.07, 6.45) is 1.36. The second kappa shape index (κ2) is 9.23. The predicted molar refractivity (Wildman–Crippen MR) is 114 cm³/mol. The van der Waals surface area contributed by atoms with Gasteiger partial charge in [0.2, 0.25) is 5.91 Å². The van der Waals surface area contributed by atoms with Crippen LogP contribution in [0.5, 0.6) is 0 Å². The highest BCUT2D eigenvalue weighted by molar-refractivity contribution is 5.94. The Morgan fingerprint density at radius 3 is 2.24 bits per heavy atom. The first kappa shape index (κ1) is 21.1. The SMILES string of the molecule is CC(C)N(C)C(=O)c1ccc(CNC(=O)C2(c3ccccc3)CCOCC2)cc1. The van der Waals surface area contributed by atoms with Crippen molar-refractivity contribution < 1.29 is 14.3 Å². The van der Waals surface area contributed by atoms with E-state index in [1.54, 1.807) is 11.9 Å². The fraction of sp³-hybridized carbons (Fsp3) is 0.417. The molecule has 2 amide bonds. The number of benzene rings is 2. The van der Waals surface area contributed by atoms with Crippen molar-refractivity contribution in [2.24, 2.45) is 0 Å². The lowest BCUT2D eigenvalue weighted by molar-refractivity contribution is -0.130. The van der Waals surface area contributed by atoms with Crippen LogP contribution in [0.1, 0.15) is 48.2 Å². The van der Waals surface area contributed by atoms with E-state index in [2.05, 4.69) is 5.32 Å². The maximum atomic E-state index is 13.2. The van der Waals surface area contributed by atoms with Gasteiger partial charge in [-0.2, -0.15) is 0 Å². The molecule has 0 aromatic heterocycles. The van der Waals surface area contributed by atoms with Gasteiger partial charge in [-0.1, -0.05) is 42.5 Å². The number of nitrogens with one attached hydrogen (secondary N) is 1. The first-order chi connectivity index (χ1) is 13.9. The van der Waals surface area contributed by atoms with E-state index in [9.17, 15) is 9.59 Å². The molecule has 0 bridgehead atoms. The highest BCUT2D eigenvalue weighted by Crippen LogP contribution is 2.35. The highest BCUT2D eigenvalue weighted by atomic mass is 16.5. The first-order valence-electron chi connectivity index (χ1n) is 10.2. The molecule has 1 aliphatic heterocycles. The van der Waals surface area contributed by atoms with Gasteiger partial charge in [-0.25, -0.2) is 0 Å². The maximum absolute atomic E-state index is 13.2. The van der Waals surface area contributed by atoms with E-state index >= 15 is 0 Å². The lowest BCUT2D eigenvalue weighted by atomic mass is 9.73. The number of ether oxygens (including phenoxy) is 1. The molecule has 0 radical (unpaired) electrons. The van der Waals surface area contributed by atoms with Gasteiger partial charge in [0.15, 0.2) is 0 Å². The van der Waals surface area contributed by atoms with Gasteiger partial charge < -0.3 is 15.0 Å². The van der Waals surface area contributed by atoms with E-state index in [-0.39, 0.29) is 17.9 Å². The summed E-state index contributed by atoms with van der Waals surface area (Å²) in [5, 5.41) is 3.11. The van der Waals surface area contributed by atoms with Crippen LogP contribution in [0.4, 0.5) is 0 Å². The highest BCUT2D eigenvalue weighted by Gasteiger charge is 2.41. The van der Waals surface area contributed by atoms with Crippen LogP contribution < -0.4 is 5.32 Å². The van der Waals surface area contributed by atoms with E-state index in [0.29, 0.717) is 38.2 Å². The predicted octanol–water partition coefficient (Wildman–Crippen LogP) is 3.53. The number of carbonyl (C=O) groups excluding carboxylic acids is 2. The Morgan fingerprint density at radius 2 is 1.66 bits per heavy atom. The Kier molecular flexibility index (Phi) is 6.70. The van der Waals surface area contributed by atoms with Crippen molar-refractivity contribution in [3.05, 3.63) is 71.3 Å². The Labute approximate surface area is 173 Å². The van der Waals surface area contributed by atoms with Gasteiger partial charge in [-0.3, -0.25) is 9.59 Å². The first-order valence-corrected chi connectivity index (χ1v) is 10.2. The molecule has 2 aromatic carbocycles. The summed E-state index contributed by atoms with van der Waals surface area (Å²) in [4.78, 5) is 27.3. The van der Waals surface area contributed by atoms with Gasteiger partial charge in [-0.05, 0) is 49.9 Å². The molecule has 3 rings (SSSR count). The third-order valence-corrected chi connectivity index (χ3v) is 5.86. The Hall–Kier alpha value is -2.66. The molecule has 1 saturated heterocycles. The van der Waals surface area contributed by atoms with Crippen molar-refractivity contribution in [2.75, 3.05) is 20.3 Å². The van der Waals surface area contributed by atoms with Gasteiger partial charge in [0, 0.05) is 38.4 Å². The smallest absolute Gasteiger partial charge is 0.253 e.